The minimum Gasteiger partial charge on any atom is -0.478 e. The molecule has 0 aliphatic rings. The van der Waals surface area contributed by atoms with E-state index < -0.39 is 38.0 Å². The summed E-state index contributed by atoms with van der Waals surface area (Å²) < 4.78 is 59.7. The van der Waals surface area contributed by atoms with Crippen LogP contribution in [0.5, 0.6) is 0 Å². The smallest absolute Gasteiger partial charge is 0.417 e. The molecule has 0 radical (unpaired) electrons. The van der Waals surface area contributed by atoms with Crippen LogP contribution in [0.3, 0.4) is 0 Å². The van der Waals surface area contributed by atoms with Crippen molar-refractivity contribution in [1.29, 1.82) is 0 Å². The van der Waals surface area contributed by atoms with Crippen LogP contribution in [0.25, 0.3) is 0 Å². The molecule has 4 nitrogen and oxygen atoms in total. The zero-order valence-corrected chi connectivity index (χ0v) is 9.26. The minimum absolute atomic E-state index is 0.318. The lowest BCUT2D eigenvalue weighted by Crippen LogP contribution is -2.14. The number of carboxylic acids is 1. The molecule has 0 bridgehead atoms. The largest absolute Gasteiger partial charge is 0.478 e. The maximum atomic E-state index is 12.5. The third kappa shape index (κ3) is 2.96. The molecule has 17 heavy (non-hydrogen) atoms. The number of carboxylic acid groups (broad SMARTS) is 1. The van der Waals surface area contributed by atoms with E-state index in [1.165, 1.54) is 0 Å². The number of benzene rings is 1. The minimum atomic E-state index is -4.92. The first kappa shape index (κ1) is 13.5. The summed E-state index contributed by atoms with van der Waals surface area (Å²) in [7, 11) is -3.82. The van der Waals surface area contributed by atoms with Crippen molar-refractivity contribution in [3.63, 3.8) is 0 Å². The van der Waals surface area contributed by atoms with E-state index in [2.05, 4.69) is 0 Å². The Labute approximate surface area is 94.6 Å². The molecular weight excluding hydrogens is 261 g/mol. The molecule has 0 amide bonds. The molecule has 1 aromatic carbocycles. The normalized spacial score (nSPS) is 12.5. The fourth-order valence-corrected chi connectivity index (χ4v) is 1.82. The first-order valence-corrected chi connectivity index (χ1v) is 6.07. The SMILES string of the molecule is CS(=O)(=O)c1ccc(C(=O)O)c(C(F)(F)F)c1. The maximum absolute atomic E-state index is 12.5. The molecule has 0 saturated heterocycles. The second kappa shape index (κ2) is 4.02. The average Bonchev–Trinajstić information content (AvgIpc) is 2.14. The molecule has 8 heteroatoms. The number of alkyl halides is 3. The van der Waals surface area contributed by atoms with E-state index in [0.717, 1.165) is 12.3 Å². The molecule has 0 atom stereocenters. The number of rotatable bonds is 2. The summed E-state index contributed by atoms with van der Waals surface area (Å²) in [5.74, 6) is -1.77. The van der Waals surface area contributed by atoms with Gasteiger partial charge in [0.1, 0.15) is 0 Å². The Balaban J connectivity index is 3.57. The van der Waals surface area contributed by atoms with Gasteiger partial charge in [-0.05, 0) is 18.2 Å². The predicted molar refractivity (Wildman–Crippen MR) is 51.5 cm³/mol. The van der Waals surface area contributed by atoms with E-state index >= 15 is 0 Å². The molecule has 0 aromatic heterocycles. The molecule has 0 spiro atoms. The predicted octanol–water partition coefficient (Wildman–Crippen LogP) is 1.81. The van der Waals surface area contributed by atoms with Gasteiger partial charge >= 0.3 is 12.1 Å². The Bertz CT molecular complexity index is 560. The van der Waals surface area contributed by atoms with Crippen molar-refractivity contribution in [3.8, 4) is 0 Å². The van der Waals surface area contributed by atoms with Crippen molar-refractivity contribution in [3.05, 3.63) is 29.3 Å². The third-order valence-electron chi connectivity index (χ3n) is 1.95. The molecule has 0 unspecified atom stereocenters. The lowest BCUT2D eigenvalue weighted by atomic mass is 10.1. The summed E-state index contributed by atoms with van der Waals surface area (Å²) in [5, 5.41) is 8.57. The highest BCUT2D eigenvalue weighted by atomic mass is 32.2. The van der Waals surface area contributed by atoms with Crippen LogP contribution in [0.1, 0.15) is 15.9 Å². The van der Waals surface area contributed by atoms with Crippen LogP contribution in [0.15, 0.2) is 23.1 Å². The van der Waals surface area contributed by atoms with Gasteiger partial charge in [0, 0.05) is 6.26 Å². The monoisotopic (exact) mass is 268 g/mol. The Kier molecular flexibility index (Phi) is 3.19. The summed E-state index contributed by atoms with van der Waals surface area (Å²) in [5.41, 5.74) is -2.46. The van der Waals surface area contributed by atoms with Crippen molar-refractivity contribution in [2.75, 3.05) is 6.26 Å². The molecular formula is C9H7F3O4S. The van der Waals surface area contributed by atoms with Crippen LogP contribution in [0, 0.1) is 0 Å². The molecule has 1 aromatic rings. The van der Waals surface area contributed by atoms with Crippen molar-refractivity contribution >= 4 is 15.8 Å². The third-order valence-corrected chi connectivity index (χ3v) is 3.07. The molecule has 0 aliphatic carbocycles. The summed E-state index contributed by atoms with van der Waals surface area (Å²) in [4.78, 5) is 10.0. The standard InChI is InChI=1S/C9H7F3O4S/c1-17(15,16)5-2-3-6(8(13)14)7(4-5)9(10,11)12/h2-4H,1H3,(H,13,14). The van der Waals surface area contributed by atoms with E-state index in [9.17, 15) is 26.4 Å². The Morgan fingerprint density at radius 2 is 1.82 bits per heavy atom. The highest BCUT2D eigenvalue weighted by molar-refractivity contribution is 7.90. The quantitative estimate of drug-likeness (QED) is 0.887. The Morgan fingerprint density at radius 3 is 2.18 bits per heavy atom. The Hall–Kier alpha value is -1.57. The first-order chi connectivity index (χ1) is 7.53. The molecule has 94 valence electrons. The van der Waals surface area contributed by atoms with Gasteiger partial charge in [0.2, 0.25) is 0 Å². The van der Waals surface area contributed by atoms with E-state index in [1.54, 1.807) is 0 Å². The van der Waals surface area contributed by atoms with Crippen LogP contribution in [-0.2, 0) is 16.0 Å². The van der Waals surface area contributed by atoms with Crippen LogP contribution in [0.2, 0.25) is 0 Å². The number of hydrogen-bond acceptors (Lipinski definition) is 3. The second-order valence-electron chi connectivity index (χ2n) is 3.28. The molecule has 1 rings (SSSR count). The average molecular weight is 268 g/mol. The number of aromatic carboxylic acids is 1. The van der Waals surface area contributed by atoms with Gasteiger partial charge in [-0.15, -0.1) is 0 Å². The number of hydrogen-bond donors (Lipinski definition) is 1. The summed E-state index contributed by atoms with van der Waals surface area (Å²) in [6.45, 7) is 0. The zero-order valence-electron chi connectivity index (χ0n) is 8.45. The van der Waals surface area contributed by atoms with Crippen LogP contribution >= 0.6 is 0 Å². The van der Waals surface area contributed by atoms with Crippen molar-refractivity contribution in [2.45, 2.75) is 11.1 Å². The molecule has 0 aliphatic heterocycles. The van der Waals surface area contributed by atoms with E-state index in [-0.39, 0.29) is 0 Å². The van der Waals surface area contributed by atoms with Gasteiger partial charge in [0.05, 0.1) is 16.0 Å². The van der Waals surface area contributed by atoms with Crippen molar-refractivity contribution < 1.29 is 31.5 Å². The number of sulfone groups is 1. The second-order valence-corrected chi connectivity index (χ2v) is 5.30. The summed E-state index contributed by atoms with van der Waals surface area (Å²) >= 11 is 0. The topological polar surface area (TPSA) is 71.4 Å². The van der Waals surface area contributed by atoms with Gasteiger partial charge < -0.3 is 5.11 Å². The van der Waals surface area contributed by atoms with Gasteiger partial charge in [-0.3, -0.25) is 0 Å². The van der Waals surface area contributed by atoms with Gasteiger partial charge in [-0.1, -0.05) is 0 Å². The molecule has 1 N–H and O–H groups in total. The first-order valence-electron chi connectivity index (χ1n) is 4.18. The summed E-state index contributed by atoms with van der Waals surface area (Å²) in [6.07, 6.45) is -4.18. The van der Waals surface area contributed by atoms with Crippen molar-refractivity contribution in [1.82, 2.24) is 0 Å². The number of halogens is 3. The lowest BCUT2D eigenvalue weighted by molar-refractivity contribution is -0.138. The Morgan fingerprint density at radius 1 is 1.29 bits per heavy atom. The fraction of sp³-hybridized carbons (Fsp3) is 0.222. The van der Waals surface area contributed by atoms with Gasteiger partial charge in [0.15, 0.2) is 9.84 Å². The number of carbonyl (C=O) groups is 1. The van der Waals surface area contributed by atoms with E-state index in [0.29, 0.717) is 12.1 Å². The highest BCUT2D eigenvalue weighted by Crippen LogP contribution is 2.33. The lowest BCUT2D eigenvalue weighted by Gasteiger charge is -2.11. The fourth-order valence-electron chi connectivity index (χ4n) is 1.18. The maximum Gasteiger partial charge on any atom is 0.417 e. The van der Waals surface area contributed by atoms with Gasteiger partial charge in [-0.2, -0.15) is 13.2 Å². The molecule has 0 saturated carbocycles. The van der Waals surface area contributed by atoms with Crippen LogP contribution in [-0.4, -0.2) is 25.7 Å². The molecule has 0 heterocycles. The van der Waals surface area contributed by atoms with Gasteiger partial charge in [-0.25, -0.2) is 13.2 Å². The summed E-state index contributed by atoms with van der Waals surface area (Å²) in [6, 6.07) is 1.77. The zero-order chi connectivity index (χ0) is 13.4. The van der Waals surface area contributed by atoms with Crippen LogP contribution in [0.4, 0.5) is 13.2 Å². The highest BCUT2D eigenvalue weighted by Gasteiger charge is 2.36. The van der Waals surface area contributed by atoms with E-state index in [1.807, 2.05) is 0 Å². The van der Waals surface area contributed by atoms with Crippen molar-refractivity contribution in [2.24, 2.45) is 0 Å². The van der Waals surface area contributed by atoms with Crippen LogP contribution < -0.4 is 0 Å². The van der Waals surface area contributed by atoms with Gasteiger partial charge in [0.25, 0.3) is 0 Å². The molecule has 0 fully saturated rings. The van der Waals surface area contributed by atoms with E-state index in [4.69, 9.17) is 5.11 Å².